The van der Waals surface area contributed by atoms with Gasteiger partial charge in [-0.05, 0) is 54.9 Å². The zero-order valence-corrected chi connectivity index (χ0v) is 19.9. The number of hydrogen-bond donors (Lipinski definition) is 1. The lowest BCUT2D eigenvalue weighted by atomic mass is 9.96. The second-order valence-electron chi connectivity index (χ2n) is 8.79. The van der Waals surface area contributed by atoms with Crippen LogP contribution in [-0.2, 0) is 10.0 Å². The van der Waals surface area contributed by atoms with Crippen molar-refractivity contribution in [2.75, 3.05) is 13.1 Å². The van der Waals surface area contributed by atoms with Crippen molar-refractivity contribution in [1.29, 1.82) is 0 Å². The third-order valence-electron chi connectivity index (χ3n) is 5.78. The average molecular weight is 463 g/mol. The second-order valence-corrected chi connectivity index (χ2v) is 11.1. The number of carbonyl (C=O) groups is 1. The van der Waals surface area contributed by atoms with E-state index in [0.29, 0.717) is 24.9 Å². The molecular formula is C24H31ClN2O3S. The third kappa shape index (κ3) is 5.88. The zero-order chi connectivity index (χ0) is 22.6. The van der Waals surface area contributed by atoms with E-state index in [9.17, 15) is 13.2 Å². The monoisotopic (exact) mass is 462 g/mol. The quantitative estimate of drug-likeness (QED) is 0.608. The number of benzene rings is 2. The fraction of sp³-hybridized carbons (Fsp3) is 0.458. The van der Waals surface area contributed by atoms with Crippen molar-refractivity contribution < 1.29 is 13.2 Å². The van der Waals surface area contributed by atoms with E-state index in [1.165, 1.54) is 22.5 Å². The van der Waals surface area contributed by atoms with Crippen molar-refractivity contribution in [3.8, 4) is 0 Å². The Kier molecular flexibility index (Phi) is 7.78. The normalized spacial score (nSPS) is 16.9. The number of nitrogens with zero attached hydrogens (tertiary/aromatic N) is 1. The SMILES string of the molecule is CC(C)C[C@H](NC(=O)c1cc(S(=O)(=O)N2CCC(C)CC2)ccc1Cl)c1ccccc1. The molecule has 168 valence electrons. The predicted octanol–water partition coefficient (Wildman–Crippen LogP) is 5.28. The van der Waals surface area contributed by atoms with Crippen molar-refractivity contribution in [2.45, 2.75) is 51.0 Å². The molecule has 5 nitrogen and oxygen atoms in total. The second kappa shape index (κ2) is 10.2. The Balaban J connectivity index is 1.85. The highest BCUT2D eigenvalue weighted by atomic mass is 35.5. The van der Waals surface area contributed by atoms with Gasteiger partial charge in [-0.3, -0.25) is 4.79 Å². The van der Waals surface area contributed by atoms with Crippen LogP contribution in [0.4, 0.5) is 0 Å². The molecule has 1 amide bonds. The van der Waals surface area contributed by atoms with Crippen LogP contribution in [0.5, 0.6) is 0 Å². The van der Waals surface area contributed by atoms with E-state index < -0.39 is 10.0 Å². The van der Waals surface area contributed by atoms with Crippen LogP contribution in [0, 0.1) is 11.8 Å². The van der Waals surface area contributed by atoms with Crippen LogP contribution >= 0.6 is 11.6 Å². The molecule has 0 spiro atoms. The Labute approximate surface area is 190 Å². The van der Waals surface area contributed by atoms with Crippen molar-refractivity contribution in [3.05, 3.63) is 64.7 Å². The fourth-order valence-electron chi connectivity index (χ4n) is 3.88. The first kappa shape index (κ1) is 23.8. The molecule has 3 rings (SSSR count). The van der Waals surface area contributed by atoms with Gasteiger partial charge in [0.25, 0.3) is 5.91 Å². The summed E-state index contributed by atoms with van der Waals surface area (Å²) in [6, 6.07) is 14.0. The molecule has 0 aromatic heterocycles. The van der Waals surface area contributed by atoms with Crippen LogP contribution < -0.4 is 5.32 Å². The summed E-state index contributed by atoms with van der Waals surface area (Å²) in [6.07, 6.45) is 2.44. The van der Waals surface area contributed by atoms with Gasteiger partial charge in [0.1, 0.15) is 0 Å². The van der Waals surface area contributed by atoms with Gasteiger partial charge >= 0.3 is 0 Å². The van der Waals surface area contributed by atoms with Gasteiger partial charge in [0.05, 0.1) is 21.5 Å². The number of rotatable bonds is 7. The number of amides is 1. The molecule has 7 heteroatoms. The van der Waals surface area contributed by atoms with Gasteiger partial charge in [0.2, 0.25) is 10.0 Å². The summed E-state index contributed by atoms with van der Waals surface area (Å²) in [6.45, 7) is 7.33. The number of hydrogen-bond acceptors (Lipinski definition) is 3. The maximum absolute atomic E-state index is 13.1. The molecule has 0 saturated carbocycles. The first-order valence-corrected chi connectivity index (χ1v) is 12.7. The number of sulfonamides is 1. The molecule has 0 radical (unpaired) electrons. The molecular weight excluding hydrogens is 432 g/mol. The summed E-state index contributed by atoms with van der Waals surface area (Å²) in [5.74, 6) is 0.520. The maximum atomic E-state index is 13.1. The van der Waals surface area contributed by atoms with Crippen molar-refractivity contribution >= 4 is 27.5 Å². The van der Waals surface area contributed by atoms with E-state index in [0.717, 1.165) is 24.8 Å². The summed E-state index contributed by atoms with van der Waals surface area (Å²) < 4.78 is 27.7. The summed E-state index contributed by atoms with van der Waals surface area (Å²) >= 11 is 6.31. The van der Waals surface area contributed by atoms with Crippen LogP contribution in [0.25, 0.3) is 0 Å². The molecule has 0 bridgehead atoms. The first-order valence-electron chi connectivity index (χ1n) is 10.8. The lowest BCUT2D eigenvalue weighted by Gasteiger charge is -2.29. The minimum Gasteiger partial charge on any atom is -0.345 e. The zero-order valence-electron chi connectivity index (χ0n) is 18.3. The first-order chi connectivity index (χ1) is 14.7. The van der Waals surface area contributed by atoms with E-state index >= 15 is 0 Å². The number of halogens is 1. The summed E-state index contributed by atoms with van der Waals surface area (Å²) in [4.78, 5) is 13.2. The van der Waals surface area contributed by atoms with Gasteiger partial charge in [-0.2, -0.15) is 4.31 Å². The van der Waals surface area contributed by atoms with Gasteiger partial charge in [0, 0.05) is 13.1 Å². The molecule has 1 saturated heterocycles. The minimum absolute atomic E-state index is 0.108. The fourth-order valence-corrected chi connectivity index (χ4v) is 5.58. The topological polar surface area (TPSA) is 66.5 Å². The molecule has 1 aliphatic heterocycles. The lowest BCUT2D eigenvalue weighted by Crippen LogP contribution is -2.38. The van der Waals surface area contributed by atoms with Gasteiger partial charge < -0.3 is 5.32 Å². The van der Waals surface area contributed by atoms with Crippen molar-refractivity contribution in [3.63, 3.8) is 0 Å². The largest absolute Gasteiger partial charge is 0.345 e. The summed E-state index contributed by atoms with van der Waals surface area (Å²) in [5.41, 5.74) is 1.18. The standard InChI is InChI=1S/C24H31ClN2O3S/c1-17(2)15-23(19-7-5-4-6-8-19)26-24(28)21-16-20(9-10-22(21)25)31(29,30)27-13-11-18(3)12-14-27/h4-10,16-18,23H,11-15H2,1-3H3,(H,26,28)/t23-/m0/s1. The van der Waals surface area contributed by atoms with E-state index in [1.54, 1.807) is 0 Å². The summed E-state index contributed by atoms with van der Waals surface area (Å²) in [7, 11) is -3.66. The molecule has 1 atom stereocenters. The molecule has 1 fully saturated rings. The van der Waals surface area contributed by atoms with Gasteiger partial charge in [-0.15, -0.1) is 0 Å². The highest BCUT2D eigenvalue weighted by Crippen LogP contribution is 2.28. The van der Waals surface area contributed by atoms with Crippen LogP contribution in [0.15, 0.2) is 53.4 Å². The van der Waals surface area contributed by atoms with Crippen LogP contribution in [0.1, 0.15) is 62.0 Å². The lowest BCUT2D eigenvalue weighted by molar-refractivity contribution is 0.0932. The molecule has 1 N–H and O–H groups in total. The Hall–Kier alpha value is -1.89. The predicted molar refractivity (Wildman–Crippen MR) is 125 cm³/mol. The number of piperidine rings is 1. The highest BCUT2D eigenvalue weighted by Gasteiger charge is 2.29. The van der Waals surface area contributed by atoms with Crippen molar-refractivity contribution in [1.82, 2.24) is 9.62 Å². The van der Waals surface area contributed by atoms with Crippen LogP contribution in [-0.4, -0.2) is 31.7 Å². The maximum Gasteiger partial charge on any atom is 0.253 e. The Morgan fingerprint density at radius 3 is 2.39 bits per heavy atom. The van der Waals surface area contributed by atoms with Crippen LogP contribution in [0.3, 0.4) is 0 Å². The van der Waals surface area contributed by atoms with E-state index in [-0.39, 0.29) is 27.4 Å². The van der Waals surface area contributed by atoms with E-state index in [1.807, 2.05) is 30.3 Å². The van der Waals surface area contributed by atoms with Crippen molar-refractivity contribution in [2.24, 2.45) is 11.8 Å². The van der Waals surface area contributed by atoms with E-state index in [2.05, 4.69) is 26.1 Å². The molecule has 1 heterocycles. The highest BCUT2D eigenvalue weighted by molar-refractivity contribution is 7.89. The molecule has 2 aromatic rings. The van der Waals surface area contributed by atoms with E-state index in [4.69, 9.17) is 11.6 Å². The molecule has 2 aromatic carbocycles. The number of carbonyl (C=O) groups excluding carboxylic acids is 1. The van der Waals surface area contributed by atoms with Crippen LogP contribution in [0.2, 0.25) is 5.02 Å². The van der Waals surface area contributed by atoms with Gasteiger partial charge in [-0.1, -0.05) is 62.7 Å². The Bertz CT molecular complexity index is 1000. The van der Waals surface area contributed by atoms with Gasteiger partial charge in [0.15, 0.2) is 0 Å². The van der Waals surface area contributed by atoms with Gasteiger partial charge in [-0.25, -0.2) is 8.42 Å². The number of nitrogens with one attached hydrogen (secondary N) is 1. The smallest absolute Gasteiger partial charge is 0.253 e. The molecule has 31 heavy (non-hydrogen) atoms. The molecule has 0 unspecified atom stereocenters. The molecule has 0 aliphatic carbocycles. The minimum atomic E-state index is -3.66. The molecule has 1 aliphatic rings. The average Bonchev–Trinajstić information content (AvgIpc) is 2.74. The third-order valence-corrected chi connectivity index (χ3v) is 8.00. The Morgan fingerprint density at radius 2 is 1.77 bits per heavy atom. The Morgan fingerprint density at radius 1 is 1.13 bits per heavy atom. The summed E-state index contributed by atoms with van der Waals surface area (Å²) in [5, 5.41) is 3.29.